The Kier molecular flexibility index (Phi) is 9.99. The van der Waals surface area contributed by atoms with Crippen LogP contribution in [-0.4, -0.2) is 70.5 Å². The number of halogens is 3. The Morgan fingerprint density at radius 1 is 1.20 bits per heavy atom. The molecule has 3 aromatic rings. The quantitative estimate of drug-likeness (QED) is 0.184. The van der Waals surface area contributed by atoms with Gasteiger partial charge in [-0.15, -0.1) is 0 Å². The highest BCUT2D eigenvalue weighted by Crippen LogP contribution is 2.38. The normalized spacial score (nSPS) is 12.9. The molecule has 0 radical (unpaired) electrons. The smallest absolute Gasteiger partial charge is 0.407 e. The molecule has 1 amide bonds. The number of nitrogens with zero attached hydrogens (tertiary/aromatic N) is 5. The molecule has 9 nitrogen and oxygen atoms in total. The number of ether oxygens (including phenoxy) is 1. The first kappa shape index (κ1) is 32.3. The average molecular weight is 674 g/mol. The van der Waals surface area contributed by atoms with Crippen molar-refractivity contribution in [3.63, 3.8) is 0 Å². The van der Waals surface area contributed by atoms with Crippen molar-refractivity contribution in [1.29, 1.82) is 0 Å². The molecule has 2 heterocycles. The standard InChI is InChI=1S/C27H36BrCl2N5O4Si/c1-15-21(22-16(2)23(28)33-35(22)7)31-25(32-24(15)30)19-12-17(10-11-20(19)29)38-14-18(13-34(6)26(36)37)39-40(8,9)27(3,4)5/h10-12,18H,13-14H2,1-9H3,(H,36,37). The molecule has 0 aliphatic rings. The highest BCUT2D eigenvalue weighted by Gasteiger charge is 2.39. The van der Waals surface area contributed by atoms with Crippen LogP contribution >= 0.6 is 39.1 Å². The fourth-order valence-electron chi connectivity index (χ4n) is 3.82. The number of hydrogen-bond donors (Lipinski definition) is 1. The predicted octanol–water partition coefficient (Wildman–Crippen LogP) is 7.61. The van der Waals surface area contributed by atoms with Crippen molar-refractivity contribution in [3.05, 3.63) is 44.1 Å². The summed E-state index contributed by atoms with van der Waals surface area (Å²) in [6.45, 7) is 14.8. The van der Waals surface area contributed by atoms with Crippen molar-refractivity contribution in [2.24, 2.45) is 7.05 Å². The molecule has 1 atom stereocenters. The summed E-state index contributed by atoms with van der Waals surface area (Å²) in [6.07, 6.45) is -1.50. The summed E-state index contributed by atoms with van der Waals surface area (Å²) in [4.78, 5) is 22.1. The largest absolute Gasteiger partial charge is 0.491 e. The number of likely N-dealkylation sites (N-methyl/N-ethyl adjacent to an activating group) is 1. The minimum atomic E-state index is -2.20. The molecule has 0 spiro atoms. The molecule has 0 fully saturated rings. The van der Waals surface area contributed by atoms with E-state index in [1.165, 1.54) is 11.9 Å². The lowest BCUT2D eigenvalue weighted by Crippen LogP contribution is -2.49. The maximum Gasteiger partial charge on any atom is 0.407 e. The van der Waals surface area contributed by atoms with Gasteiger partial charge in [-0.05, 0) is 66.1 Å². The number of carbonyl (C=O) groups is 1. The van der Waals surface area contributed by atoms with Crippen LogP contribution in [0.2, 0.25) is 28.3 Å². The first-order chi connectivity index (χ1) is 18.4. The van der Waals surface area contributed by atoms with Crippen LogP contribution in [0.15, 0.2) is 22.8 Å². The number of hydrogen-bond acceptors (Lipinski definition) is 6. The second-order valence-electron chi connectivity index (χ2n) is 11.3. The van der Waals surface area contributed by atoms with Gasteiger partial charge in [0.2, 0.25) is 0 Å². The lowest BCUT2D eigenvalue weighted by Gasteiger charge is -2.39. The molecule has 1 aromatic carbocycles. The molecule has 0 saturated carbocycles. The topological polar surface area (TPSA) is 103 Å². The van der Waals surface area contributed by atoms with Gasteiger partial charge >= 0.3 is 6.09 Å². The number of amides is 1. The Balaban J connectivity index is 1.95. The third kappa shape index (κ3) is 7.17. The van der Waals surface area contributed by atoms with Crippen LogP contribution in [0.25, 0.3) is 22.8 Å². The van der Waals surface area contributed by atoms with Crippen molar-refractivity contribution in [2.75, 3.05) is 20.2 Å². The fraction of sp³-hybridized carbons (Fsp3) is 0.481. The molecule has 0 aliphatic carbocycles. The van der Waals surface area contributed by atoms with Gasteiger partial charge in [0.25, 0.3) is 0 Å². The fourth-order valence-corrected chi connectivity index (χ4v) is 5.95. The number of carboxylic acid groups (broad SMARTS) is 1. The van der Waals surface area contributed by atoms with Crippen molar-refractivity contribution < 1.29 is 19.1 Å². The van der Waals surface area contributed by atoms with Gasteiger partial charge < -0.3 is 19.2 Å². The minimum Gasteiger partial charge on any atom is -0.491 e. The molecule has 0 bridgehead atoms. The Morgan fingerprint density at radius 3 is 2.40 bits per heavy atom. The first-order valence-electron chi connectivity index (χ1n) is 12.7. The Morgan fingerprint density at radius 2 is 1.85 bits per heavy atom. The SMILES string of the molecule is Cc1c(Cl)nc(-c2cc(OCC(CN(C)C(=O)O)O[Si](C)(C)C(C)(C)C)ccc2Cl)nc1-c1c(C)c(Br)nn1C. The zero-order valence-electron chi connectivity index (χ0n) is 24.3. The van der Waals surface area contributed by atoms with Gasteiger partial charge in [0.1, 0.15) is 22.1 Å². The summed E-state index contributed by atoms with van der Waals surface area (Å²) in [5, 5.41) is 14.6. The third-order valence-corrected chi connectivity index (χ3v) is 13.2. The second kappa shape index (κ2) is 12.4. The highest BCUT2D eigenvalue weighted by atomic mass is 79.9. The van der Waals surface area contributed by atoms with Gasteiger partial charge in [-0.3, -0.25) is 4.68 Å². The highest BCUT2D eigenvalue weighted by molar-refractivity contribution is 9.10. The third-order valence-electron chi connectivity index (χ3n) is 7.22. The van der Waals surface area contributed by atoms with E-state index in [0.29, 0.717) is 33.0 Å². The lowest BCUT2D eigenvalue weighted by molar-refractivity contribution is 0.0794. The van der Waals surface area contributed by atoms with E-state index in [9.17, 15) is 9.90 Å². The van der Waals surface area contributed by atoms with Crippen LogP contribution in [0.5, 0.6) is 5.75 Å². The van der Waals surface area contributed by atoms with E-state index in [1.54, 1.807) is 22.9 Å². The molecule has 0 saturated heterocycles. The van der Waals surface area contributed by atoms with E-state index in [4.69, 9.17) is 37.3 Å². The van der Waals surface area contributed by atoms with E-state index < -0.39 is 20.5 Å². The maximum atomic E-state index is 11.5. The van der Waals surface area contributed by atoms with E-state index in [-0.39, 0.29) is 18.2 Å². The zero-order chi connectivity index (χ0) is 30.2. The average Bonchev–Trinajstić information content (AvgIpc) is 3.09. The molecule has 0 aliphatic heterocycles. The van der Waals surface area contributed by atoms with Gasteiger partial charge in [-0.2, -0.15) is 5.10 Å². The molecular weight excluding hydrogens is 637 g/mol. The van der Waals surface area contributed by atoms with E-state index >= 15 is 0 Å². The van der Waals surface area contributed by atoms with E-state index in [2.05, 4.69) is 59.9 Å². The summed E-state index contributed by atoms with van der Waals surface area (Å²) >= 11 is 16.6. The summed E-state index contributed by atoms with van der Waals surface area (Å²) in [7, 11) is 1.15. The molecule has 13 heteroatoms. The van der Waals surface area contributed by atoms with Crippen molar-refractivity contribution in [1.82, 2.24) is 24.6 Å². The summed E-state index contributed by atoms with van der Waals surface area (Å²) in [5.41, 5.74) is 3.65. The number of benzene rings is 1. The minimum absolute atomic E-state index is 0.0535. The van der Waals surface area contributed by atoms with E-state index in [0.717, 1.165) is 21.4 Å². The summed E-state index contributed by atoms with van der Waals surface area (Å²) in [6, 6.07) is 5.21. The van der Waals surface area contributed by atoms with Crippen molar-refractivity contribution in [2.45, 2.75) is 58.9 Å². The summed E-state index contributed by atoms with van der Waals surface area (Å²) < 4.78 is 15.1. The van der Waals surface area contributed by atoms with Gasteiger partial charge in [-0.1, -0.05) is 44.0 Å². The molecule has 218 valence electrons. The molecule has 1 N–H and O–H groups in total. The van der Waals surface area contributed by atoms with Gasteiger partial charge in [-0.25, -0.2) is 14.8 Å². The van der Waals surface area contributed by atoms with Gasteiger partial charge in [0, 0.05) is 30.8 Å². The van der Waals surface area contributed by atoms with Crippen LogP contribution < -0.4 is 4.74 Å². The Hall–Kier alpha value is -2.18. The van der Waals surface area contributed by atoms with Crippen LogP contribution in [0.4, 0.5) is 4.79 Å². The molecule has 1 unspecified atom stereocenters. The zero-order valence-corrected chi connectivity index (χ0v) is 28.4. The number of aromatic nitrogens is 4. The molecule has 3 rings (SSSR count). The first-order valence-corrected chi connectivity index (χ1v) is 17.2. The predicted molar refractivity (Wildman–Crippen MR) is 165 cm³/mol. The van der Waals surface area contributed by atoms with Gasteiger partial charge in [0.05, 0.1) is 29.1 Å². The lowest BCUT2D eigenvalue weighted by atomic mass is 10.1. The van der Waals surface area contributed by atoms with Crippen LogP contribution in [0.1, 0.15) is 31.9 Å². The van der Waals surface area contributed by atoms with Crippen molar-refractivity contribution in [3.8, 4) is 28.5 Å². The Labute approximate surface area is 255 Å². The molecular formula is C27H36BrCl2N5O4Si. The van der Waals surface area contributed by atoms with Crippen LogP contribution in [0.3, 0.4) is 0 Å². The van der Waals surface area contributed by atoms with Crippen LogP contribution in [0, 0.1) is 13.8 Å². The molecule has 2 aromatic heterocycles. The number of rotatable bonds is 9. The molecule has 40 heavy (non-hydrogen) atoms. The number of aryl methyl sites for hydroxylation is 1. The summed E-state index contributed by atoms with van der Waals surface area (Å²) in [5.74, 6) is 0.861. The Bertz CT molecular complexity index is 1410. The van der Waals surface area contributed by atoms with Gasteiger partial charge in [0.15, 0.2) is 14.1 Å². The monoisotopic (exact) mass is 671 g/mol. The van der Waals surface area contributed by atoms with E-state index in [1.807, 2.05) is 20.9 Å². The van der Waals surface area contributed by atoms with Crippen molar-refractivity contribution >= 4 is 53.5 Å². The maximum absolute atomic E-state index is 11.5. The second-order valence-corrected chi connectivity index (χ2v) is 17.6. The van der Waals surface area contributed by atoms with Crippen LogP contribution in [-0.2, 0) is 11.5 Å².